The van der Waals surface area contributed by atoms with Gasteiger partial charge >= 0.3 is 11.7 Å². The maximum atomic E-state index is 12.3. The van der Waals surface area contributed by atoms with Gasteiger partial charge in [-0.25, -0.2) is 9.59 Å². The molecule has 8 heteroatoms. The molecule has 0 spiro atoms. The molecule has 1 heterocycles. The highest BCUT2D eigenvalue weighted by atomic mass is 16.4. The maximum absolute atomic E-state index is 12.3. The van der Waals surface area contributed by atoms with Crippen molar-refractivity contribution in [2.24, 2.45) is 0 Å². The van der Waals surface area contributed by atoms with Crippen LogP contribution in [-0.4, -0.2) is 32.6 Å². The van der Waals surface area contributed by atoms with E-state index in [1.165, 1.54) is 18.2 Å². The second kappa shape index (κ2) is 7.78. The predicted octanol–water partition coefficient (Wildman–Crippen LogP) is 1.08. The highest BCUT2D eigenvalue weighted by Gasteiger charge is 2.20. The molecule has 0 radical (unpaired) electrons. The molecular weight excluding hydrogens is 326 g/mol. The summed E-state index contributed by atoms with van der Waals surface area (Å²) in [7, 11) is 0. The Balaban J connectivity index is 2.35. The number of hydrogen-bond acceptors (Lipinski definition) is 4. The molecule has 0 unspecified atom stereocenters. The van der Waals surface area contributed by atoms with Gasteiger partial charge in [0.05, 0.1) is 10.9 Å². The van der Waals surface area contributed by atoms with Gasteiger partial charge in [-0.05, 0) is 31.5 Å². The van der Waals surface area contributed by atoms with E-state index in [0.29, 0.717) is 18.2 Å². The number of unbranched alkanes of at least 4 members (excludes halogenated alkanes) is 1. The molecule has 25 heavy (non-hydrogen) atoms. The molecule has 1 aromatic carbocycles. The number of carboxylic acids is 1. The fourth-order valence-electron chi connectivity index (χ4n) is 2.59. The summed E-state index contributed by atoms with van der Waals surface area (Å²) >= 11 is 0. The summed E-state index contributed by atoms with van der Waals surface area (Å²) in [5.74, 6) is -1.66. The number of carbonyl (C=O) groups is 2. The van der Waals surface area contributed by atoms with Crippen molar-refractivity contribution in [3.05, 3.63) is 44.6 Å². The molecule has 8 nitrogen and oxygen atoms in total. The minimum absolute atomic E-state index is 0.180. The van der Waals surface area contributed by atoms with Gasteiger partial charge in [-0.2, -0.15) is 0 Å². The first-order valence-corrected chi connectivity index (χ1v) is 8.19. The Labute approximate surface area is 143 Å². The summed E-state index contributed by atoms with van der Waals surface area (Å²) in [4.78, 5) is 50.2. The van der Waals surface area contributed by atoms with Gasteiger partial charge in [0.15, 0.2) is 0 Å². The van der Waals surface area contributed by atoms with Crippen molar-refractivity contribution < 1.29 is 14.7 Å². The highest BCUT2D eigenvalue weighted by Crippen LogP contribution is 2.10. The average Bonchev–Trinajstić information content (AvgIpc) is 2.57. The van der Waals surface area contributed by atoms with Gasteiger partial charge in [0.2, 0.25) is 0 Å². The summed E-state index contributed by atoms with van der Waals surface area (Å²) in [5, 5.41) is 12.0. The zero-order valence-corrected chi connectivity index (χ0v) is 14.2. The molecule has 1 atom stereocenters. The summed E-state index contributed by atoms with van der Waals surface area (Å²) in [6, 6.07) is 3.30. The molecule has 0 aliphatic rings. The SMILES string of the molecule is CCCC[C@H](NC(=O)c1ccc2c(=O)n(CC)c(=O)[nH]c2c1)C(=O)O. The Morgan fingerprint density at radius 1 is 1.28 bits per heavy atom. The lowest BCUT2D eigenvalue weighted by Gasteiger charge is -2.14. The lowest BCUT2D eigenvalue weighted by Crippen LogP contribution is -2.40. The fourth-order valence-corrected chi connectivity index (χ4v) is 2.59. The summed E-state index contributed by atoms with van der Waals surface area (Å²) < 4.78 is 1.06. The predicted molar refractivity (Wildman–Crippen MR) is 92.9 cm³/mol. The van der Waals surface area contributed by atoms with Crippen LogP contribution in [0.15, 0.2) is 27.8 Å². The van der Waals surface area contributed by atoms with Gasteiger partial charge in [0.1, 0.15) is 6.04 Å². The molecular formula is C17H21N3O5. The number of aromatic nitrogens is 2. The van der Waals surface area contributed by atoms with E-state index in [-0.39, 0.29) is 17.6 Å². The lowest BCUT2D eigenvalue weighted by molar-refractivity contribution is -0.139. The first kappa shape index (κ1) is 18.4. The quantitative estimate of drug-likeness (QED) is 0.692. The number of aromatic amines is 1. The third kappa shape index (κ3) is 3.96. The van der Waals surface area contributed by atoms with E-state index in [0.717, 1.165) is 11.0 Å². The molecule has 1 aromatic heterocycles. The minimum atomic E-state index is -1.10. The van der Waals surface area contributed by atoms with E-state index >= 15 is 0 Å². The molecule has 3 N–H and O–H groups in total. The van der Waals surface area contributed by atoms with E-state index in [1.54, 1.807) is 6.92 Å². The van der Waals surface area contributed by atoms with Crippen LogP contribution in [0.4, 0.5) is 0 Å². The Kier molecular flexibility index (Phi) is 5.74. The Bertz CT molecular complexity index is 913. The van der Waals surface area contributed by atoms with Crippen LogP contribution in [0.1, 0.15) is 43.5 Å². The van der Waals surface area contributed by atoms with Crippen molar-refractivity contribution in [1.82, 2.24) is 14.9 Å². The highest BCUT2D eigenvalue weighted by molar-refractivity contribution is 5.99. The topological polar surface area (TPSA) is 121 Å². The van der Waals surface area contributed by atoms with Crippen LogP contribution in [0.3, 0.4) is 0 Å². The molecule has 2 rings (SSSR count). The van der Waals surface area contributed by atoms with Crippen molar-refractivity contribution >= 4 is 22.8 Å². The molecule has 134 valence electrons. The standard InChI is InChI=1S/C17H21N3O5/c1-3-5-6-12(16(23)24)18-14(21)10-7-8-11-13(9-10)19-17(25)20(4-2)15(11)22/h7-9,12H,3-6H2,1-2H3,(H,18,21)(H,19,25)(H,23,24)/t12-/m0/s1. The van der Waals surface area contributed by atoms with Crippen LogP contribution in [-0.2, 0) is 11.3 Å². The number of benzene rings is 1. The number of rotatable bonds is 7. The van der Waals surface area contributed by atoms with Crippen molar-refractivity contribution in [3.8, 4) is 0 Å². The minimum Gasteiger partial charge on any atom is -0.480 e. The zero-order chi connectivity index (χ0) is 18.6. The maximum Gasteiger partial charge on any atom is 0.328 e. The number of carboxylic acid groups (broad SMARTS) is 1. The number of carbonyl (C=O) groups excluding carboxylic acids is 1. The molecule has 1 amide bonds. The fraction of sp³-hybridized carbons (Fsp3) is 0.412. The Hall–Kier alpha value is -2.90. The van der Waals surface area contributed by atoms with Crippen LogP contribution in [0.25, 0.3) is 10.9 Å². The molecule has 0 bridgehead atoms. The smallest absolute Gasteiger partial charge is 0.328 e. The van der Waals surface area contributed by atoms with Gasteiger partial charge in [-0.1, -0.05) is 19.8 Å². The monoisotopic (exact) mass is 347 g/mol. The number of aliphatic carboxylic acids is 1. The molecule has 0 saturated carbocycles. The van der Waals surface area contributed by atoms with Crippen molar-refractivity contribution in [2.45, 2.75) is 45.7 Å². The van der Waals surface area contributed by atoms with E-state index in [1.807, 2.05) is 6.92 Å². The molecule has 0 saturated heterocycles. The molecule has 0 aliphatic carbocycles. The first-order chi connectivity index (χ1) is 11.9. The van der Waals surface area contributed by atoms with Crippen LogP contribution in [0, 0.1) is 0 Å². The van der Waals surface area contributed by atoms with E-state index in [4.69, 9.17) is 0 Å². The molecule has 0 aliphatic heterocycles. The van der Waals surface area contributed by atoms with Gasteiger partial charge < -0.3 is 15.4 Å². The van der Waals surface area contributed by atoms with Gasteiger partial charge in [-0.15, -0.1) is 0 Å². The number of fused-ring (bicyclic) bond motifs is 1. The van der Waals surface area contributed by atoms with Crippen molar-refractivity contribution in [2.75, 3.05) is 0 Å². The number of nitrogens with zero attached hydrogens (tertiary/aromatic N) is 1. The number of hydrogen-bond donors (Lipinski definition) is 3. The van der Waals surface area contributed by atoms with Crippen LogP contribution in [0.2, 0.25) is 0 Å². The number of amides is 1. The second-order valence-electron chi connectivity index (χ2n) is 5.75. The first-order valence-electron chi connectivity index (χ1n) is 8.19. The third-order valence-corrected chi connectivity index (χ3v) is 4.01. The summed E-state index contributed by atoms with van der Waals surface area (Å²) in [6.07, 6.45) is 1.84. The van der Waals surface area contributed by atoms with E-state index in [2.05, 4.69) is 10.3 Å². The lowest BCUT2D eigenvalue weighted by atomic mass is 10.1. The zero-order valence-electron chi connectivity index (χ0n) is 14.2. The average molecular weight is 347 g/mol. The number of nitrogens with one attached hydrogen (secondary N) is 2. The second-order valence-corrected chi connectivity index (χ2v) is 5.75. The van der Waals surface area contributed by atoms with Gasteiger partial charge in [0.25, 0.3) is 11.5 Å². The van der Waals surface area contributed by atoms with E-state index < -0.39 is 29.2 Å². The van der Waals surface area contributed by atoms with E-state index in [9.17, 15) is 24.3 Å². The van der Waals surface area contributed by atoms with Crippen LogP contribution >= 0.6 is 0 Å². The molecule has 0 fully saturated rings. The van der Waals surface area contributed by atoms with Gasteiger partial charge in [0, 0.05) is 12.1 Å². The van der Waals surface area contributed by atoms with Gasteiger partial charge in [-0.3, -0.25) is 14.2 Å². The Morgan fingerprint density at radius 2 is 2.00 bits per heavy atom. The van der Waals surface area contributed by atoms with Crippen molar-refractivity contribution in [1.29, 1.82) is 0 Å². The normalized spacial score (nSPS) is 12.1. The largest absolute Gasteiger partial charge is 0.480 e. The summed E-state index contributed by atoms with van der Waals surface area (Å²) in [5.41, 5.74) is -0.559. The third-order valence-electron chi connectivity index (χ3n) is 4.01. The summed E-state index contributed by atoms with van der Waals surface area (Å²) in [6.45, 7) is 3.86. The van der Waals surface area contributed by atoms with Crippen LogP contribution in [0.5, 0.6) is 0 Å². The van der Waals surface area contributed by atoms with Crippen LogP contribution < -0.4 is 16.6 Å². The Morgan fingerprint density at radius 3 is 2.60 bits per heavy atom. The number of H-pyrrole nitrogens is 1. The molecule has 2 aromatic rings. The van der Waals surface area contributed by atoms with Crippen molar-refractivity contribution in [3.63, 3.8) is 0 Å².